The number of aromatic nitrogens is 2. The molecule has 0 aliphatic carbocycles. The molecule has 4 rings (SSSR count). The predicted octanol–water partition coefficient (Wildman–Crippen LogP) is 2.64. The molecule has 6 heteroatoms. The number of fused-ring (bicyclic) bond motifs is 2. The van der Waals surface area contributed by atoms with Gasteiger partial charge in [-0.1, -0.05) is 18.2 Å². The van der Waals surface area contributed by atoms with Crippen molar-refractivity contribution in [2.24, 2.45) is 0 Å². The summed E-state index contributed by atoms with van der Waals surface area (Å²) in [6.07, 6.45) is 0. The van der Waals surface area contributed by atoms with Crippen LogP contribution < -0.4 is 10.1 Å². The van der Waals surface area contributed by atoms with Crippen LogP contribution in [-0.4, -0.2) is 41.2 Å². The minimum Gasteiger partial charge on any atom is -0.497 e. The van der Waals surface area contributed by atoms with Crippen molar-refractivity contribution >= 4 is 22.5 Å². The van der Waals surface area contributed by atoms with E-state index in [0.29, 0.717) is 25.3 Å². The maximum absolute atomic E-state index is 13.0. The van der Waals surface area contributed by atoms with E-state index in [9.17, 15) is 4.79 Å². The second-order valence-electron chi connectivity index (χ2n) is 5.79. The van der Waals surface area contributed by atoms with Crippen molar-refractivity contribution < 1.29 is 9.53 Å². The summed E-state index contributed by atoms with van der Waals surface area (Å²) in [6.45, 7) is 1.85. The molecule has 0 radical (unpaired) electrons. The Kier molecular flexibility index (Phi) is 3.57. The van der Waals surface area contributed by atoms with Crippen LogP contribution in [0.5, 0.6) is 5.75 Å². The fourth-order valence-electron chi connectivity index (χ4n) is 3.06. The quantitative estimate of drug-likeness (QED) is 0.761. The fraction of sp³-hybridized carbons (Fsp3) is 0.222. The number of para-hydroxylation sites is 1. The molecular formula is C18H18N4O2. The van der Waals surface area contributed by atoms with Crippen molar-refractivity contribution in [2.45, 2.75) is 6.54 Å². The maximum atomic E-state index is 13.0. The first kappa shape index (κ1) is 14.6. The molecule has 0 unspecified atom stereocenters. The van der Waals surface area contributed by atoms with E-state index in [4.69, 9.17) is 4.74 Å². The second-order valence-corrected chi connectivity index (χ2v) is 5.79. The van der Waals surface area contributed by atoms with E-state index in [-0.39, 0.29) is 5.91 Å². The van der Waals surface area contributed by atoms with Crippen molar-refractivity contribution in [1.29, 1.82) is 0 Å². The van der Waals surface area contributed by atoms with E-state index in [0.717, 1.165) is 27.9 Å². The van der Waals surface area contributed by atoms with Crippen molar-refractivity contribution in [2.75, 3.05) is 25.5 Å². The van der Waals surface area contributed by atoms with E-state index in [1.54, 1.807) is 7.11 Å². The Morgan fingerprint density at radius 2 is 2.12 bits per heavy atom. The number of rotatable bonds is 2. The molecule has 2 heterocycles. The number of carbonyl (C=O) groups excluding carboxylic acids is 1. The Bertz CT molecular complexity index is 903. The molecule has 0 spiro atoms. The average Bonchev–Trinajstić information content (AvgIpc) is 2.93. The Balaban J connectivity index is 1.67. The van der Waals surface area contributed by atoms with Crippen LogP contribution in [0.1, 0.15) is 16.1 Å². The first-order valence-corrected chi connectivity index (χ1v) is 7.89. The van der Waals surface area contributed by atoms with Gasteiger partial charge < -0.3 is 15.0 Å². The molecule has 1 amide bonds. The first-order valence-electron chi connectivity index (χ1n) is 7.89. The van der Waals surface area contributed by atoms with Gasteiger partial charge in [0, 0.05) is 30.7 Å². The normalized spacial score (nSPS) is 14.0. The van der Waals surface area contributed by atoms with Crippen LogP contribution in [0.2, 0.25) is 0 Å². The second kappa shape index (κ2) is 5.88. The van der Waals surface area contributed by atoms with Gasteiger partial charge >= 0.3 is 0 Å². The van der Waals surface area contributed by atoms with E-state index in [2.05, 4.69) is 15.5 Å². The topological polar surface area (TPSA) is 70.2 Å². The molecule has 0 bridgehead atoms. The van der Waals surface area contributed by atoms with Crippen LogP contribution in [0, 0.1) is 0 Å². The number of hydrogen-bond donors (Lipinski definition) is 2. The Morgan fingerprint density at radius 3 is 3.00 bits per heavy atom. The van der Waals surface area contributed by atoms with Crippen LogP contribution in [0.3, 0.4) is 0 Å². The summed E-state index contributed by atoms with van der Waals surface area (Å²) in [7, 11) is 1.64. The molecule has 1 aliphatic rings. The highest BCUT2D eigenvalue weighted by molar-refractivity contribution is 6.04. The van der Waals surface area contributed by atoms with Gasteiger partial charge in [-0.3, -0.25) is 9.89 Å². The number of methoxy groups -OCH3 is 1. The number of ether oxygens (including phenoxy) is 1. The third-order valence-corrected chi connectivity index (χ3v) is 4.33. The zero-order valence-electron chi connectivity index (χ0n) is 13.4. The lowest BCUT2D eigenvalue weighted by Crippen LogP contribution is -2.33. The van der Waals surface area contributed by atoms with Crippen LogP contribution in [-0.2, 0) is 6.54 Å². The third-order valence-electron chi connectivity index (χ3n) is 4.33. The van der Waals surface area contributed by atoms with E-state index in [1.807, 2.05) is 47.4 Å². The lowest BCUT2D eigenvalue weighted by atomic mass is 10.1. The summed E-state index contributed by atoms with van der Waals surface area (Å²) in [5, 5.41) is 11.4. The highest BCUT2D eigenvalue weighted by atomic mass is 16.5. The molecule has 1 aromatic heterocycles. The number of hydrogen-bond acceptors (Lipinski definition) is 4. The number of benzene rings is 2. The Labute approximate surface area is 139 Å². The zero-order chi connectivity index (χ0) is 16.5. The Hall–Kier alpha value is -3.02. The number of H-pyrrole nitrogens is 1. The number of carbonyl (C=O) groups is 1. The van der Waals surface area contributed by atoms with E-state index >= 15 is 0 Å². The molecule has 2 aromatic carbocycles. The molecule has 3 aromatic rings. The summed E-state index contributed by atoms with van der Waals surface area (Å²) in [5.74, 6) is 0.722. The lowest BCUT2D eigenvalue weighted by Gasteiger charge is -2.19. The zero-order valence-corrected chi connectivity index (χ0v) is 13.4. The van der Waals surface area contributed by atoms with Gasteiger partial charge in [-0.15, -0.1) is 0 Å². The fourth-order valence-corrected chi connectivity index (χ4v) is 3.06. The number of aromatic amines is 1. The van der Waals surface area contributed by atoms with Gasteiger partial charge in [0.15, 0.2) is 5.69 Å². The van der Waals surface area contributed by atoms with Crippen molar-refractivity contribution in [1.82, 2.24) is 15.1 Å². The molecule has 24 heavy (non-hydrogen) atoms. The van der Waals surface area contributed by atoms with Crippen LogP contribution in [0.25, 0.3) is 10.9 Å². The van der Waals surface area contributed by atoms with Gasteiger partial charge in [-0.2, -0.15) is 5.10 Å². The van der Waals surface area contributed by atoms with Gasteiger partial charge in [0.2, 0.25) is 0 Å². The Morgan fingerprint density at radius 1 is 1.25 bits per heavy atom. The summed E-state index contributed by atoms with van der Waals surface area (Å²) < 4.78 is 5.30. The van der Waals surface area contributed by atoms with Gasteiger partial charge in [0.25, 0.3) is 5.91 Å². The average molecular weight is 322 g/mol. The lowest BCUT2D eigenvalue weighted by molar-refractivity contribution is 0.0749. The van der Waals surface area contributed by atoms with Crippen molar-refractivity contribution in [3.8, 4) is 5.75 Å². The third kappa shape index (κ3) is 2.46. The number of nitrogens with zero attached hydrogens (tertiary/aromatic N) is 2. The number of anilines is 1. The largest absolute Gasteiger partial charge is 0.497 e. The standard InChI is InChI=1S/C18H18N4O2/c1-24-13-6-7-15-12(10-13)11-22(9-8-19-15)18(23)17-14-4-2-3-5-16(14)20-21-17/h2-7,10,19H,8-9,11H2,1H3,(H,20,21). The number of nitrogens with one attached hydrogen (secondary N) is 2. The molecule has 2 N–H and O–H groups in total. The van der Waals surface area contributed by atoms with Gasteiger partial charge in [-0.05, 0) is 29.8 Å². The van der Waals surface area contributed by atoms with Crippen LogP contribution >= 0.6 is 0 Å². The summed E-state index contributed by atoms with van der Waals surface area (Å²) >= 11 is 0. The maximum Gasteiger partial charge on any atom is 0.275 e. The molecule has 1 aliphatic heterocycles. The molecule has 0 saturated carbocycles. The van der Waals surface area contributed by atoms with Crippen LogP contribution in [0.15, 0.2) is 42.5 Å². The highest BCUT2D eigenvalue weighted by Crippen LogP contribution is 2.26. The summed E-state index contributed by atoms with van der Waals surface area (Å²) in [4.78, 5) is 14.8. The molecule has 122 valence electrons. The van der Waals surface area contributed by atoms with E-state index in [1.165, 1.54) is 0 Å². The molecular weight excluding hydrogens is 304 g/mol. The molecule has 0 atom stereocenters. The summed E-state index contributed by atoms with van der Waals surface area (Å²) in [6, 6.07) is 13.6. The first-order chi connectivity index (χ1) is 11.8. The molecule has 0 saturated heterocycles. The van der Waals surface area contributed by atoms with Gasteiger partial charge in [0.05, 0.1) is 12.6 Å². The smallest absolute Gasteiger partial charge is 0.275 e. The number of amides is 1. The highest BCUT2D eigenvalue weighted by Gasteiger charge is 2.23. The van der Waals surface area contributed by atoms with Gasteiger partial charge in [0.1, 0.15) is 5.75 Å². The minimum absolute atomic E-state index is 0.0649. The predicted molar refractivity (Wildman–Crippen MR) is 92.3 cm³/mol. The minimum atomic E-state index is -0.0649. The van der Waals surface area contributed by atoms with E-state index < -0.39 is 0 Å². The van der Waals surface area contributed by atoms with Gasteiger partial charge in [-0.25, -0.2) is 0 Å². The summed E-state index contributed by atoms with van der Waals surface area (Å²) in [5.41, 5.74) is 3.42. The molecule has 0 fully saturated rings. The van der Waals surface area contributed by atoms with Crippen molar-refractivity contribution in [3.05, 3.63) is 53.7 Å². The van der Waals surface area contributed by atoms with Crippen LogP contribution in [0.4, 0.5) is 5.69 Å². The molecule has 6 nitrogen and oxygen atoms in total. The monoisotopic (exact) mass is 322 g/mol. The van der Waals surface area contributed by atoms with Crippen molar-refractivity contribution in [3.63, 3.8) is 0 Å². The SMILES string of the molecule is COc1ccc2c(c1)CN(C(=O)c1n[nH]c3ccccc13)CCN2.